The largest absolute Gasteiger partial charge is 0.251 e. The molecule has 1 aromatic heterocycles. The third-order valence-electron chi connectivity index (χ3n) is 2.45. The van der Waals surface area contributed by atoms with Gasteiger partial charge in [0.1, 0.15) is 0 Å². The van der Waals surface area contributed by atoms with Gasteiger partial charge in [0.2, 0.25) is 0 Å². The van der Waals surface area contributed by atoms with Crippen LogP contribution in [0, 0.1) is 13.8 Å². The van der Waals surface area contributed by atoms with E-state index in [9.17, 15) is 0 Å². The number of benzene rings is 1. The first kappa shape index (κ1) is 11.2. The van der Waals surface area contributed by atoms with Gasteiger partial charge >= 0.3 is 0 Å². The minimum absolute atomic E-state index is 0.623. The van der Waals surface area contributed by atoms with Crippen LogP contribution in [0.4, 0.5) is 0 Å². The smallest absolute Gasteiger partial charge is 0.0917 e. The molecular weight excluding hydrogens is 297 g/mol. The molecule has 0 spiro atoms. The van der Waals surface area contributed by atoms with Gasteiger partial charge in [-0.1, -0.05) is 39.1 Å². The molecule has 0 unspecified atom stereocenters. The second-order valence-corrected chi connectivity index (χ2v) is 5.03. The Labute approximate surface area is 107 Å². The number of aryl methyl sites for hydroxylation is 1. The molecular formula is C11H8BrCl2N. The Morgan fingerprint density at radius 3 is 2.53 bits per heavy atom. The van der Waals surface area contributed by atoms with Crippen LogP contribution >= 0.6 is 39.1 Å². The maximum Gasteiger partial charge on any atom is 0.0917 e. The SMILES string of the molecule is Cc1nc2c(Cl)ccc(Br)c2c(Cl)c1C. The van der Waals surface area contributed by atoms with Gasteiger partial charge in [0.15, 0.2) is 0 Å². The van der Waals surface area contributed by atoms with Gasteiger partial charge in [-0.05, 0) is 31.5 Å². The topological polar surface area (TPSA) is 12.9 Å². The predicted octanol–water partition coefficient (Wildman–Crippen LogP) is 4.92. The van der Waals surface area contributed by atoms with E-state index in [0.717, 1.165) is 26.6 Å². The van der Waals surface area contributed by atoms with Crippen molar-refractivity contribution in [3.05, 3.63) is 37.9 Å². The van der Waals surface area contributed by atoms with Crippen molar-refractivity contribution in [2.45, 2.75) is 13.8 Å². The van der Waals surface area contributed by atoms with E-state index in [1.807, 2.05) is 26.0 Å². The van der Waals surface area contributed by atoms with Gasteiger partial charge in [0, 0.05) is 15.6 Å². The predicted molar refractivity (Wildman–Crippen MR) is 68.9 cm³/mol. The highest BCUT2D eigenvalue weighted by molar-refractivity contribution is 9.10. The number of hydrogen-bond donors (Lipinski definition) is 0. The number of nitrogens with zero attached hydrogens (tertiary/aromatic N) is 1. The molecule has 0 amide bonds. The van der Waals surface area contributed by atoms with Gasteiger partial charge in [0.05, 0.1) is 15.6 Å². The lowest BCUT2D eigenvalue weighted by Gasteiger charge is -2.09. The average Bonchev–Trinajstić information content (AvgIpc) is 2.20. The standard InChI is InChI=1S/C11H8BrCl2N/c1-5-6(2)15-11-8(13)4-3-7(12)9(11)10(5)14/h3-4H,1-2H3. The third-order valence-corrected chi connectivity index (χ3v) is 3.89. The number of hydrogen-bond acceptors (Lipinski definition) is 1. The van der Waals surface area contributed by atoms with Crippen LogP contribution in [0.5, 0.6) is 0 Å². The van der Waals surface area contributed by atoms with Crippen molar-refractivity contribution < 1.29 is 0 Å². The zero-order valence-electron chi connectivity index (χ0n) is 8.24. The first-order valence-electron chi connectivity index (χ1n) is 4.42. The molecule has 0 atom stereocenters. The van der Waals surface area contributed by atoms with E-state index in [4.69, 9.17) is 23.2 Å². The second kappa shape index (κ2) is 3.93. The van der Waals surface area contributed by atoms with E-state index >= 15 is 0 Å². The molecule has 0 N–H and O–H groups in total. The Morgan fingerprint density at radius 2 is 1.87 bits per heavy atom. The molecule has 1 heterocycles. The molecule has 2 rings (SSSR count). The van der Waals surface area contributed by atoms with Gasteiger partial charge in [-0.25, -0.2) is 0 Å². The van der Waals surface area contributed by atoms with Crippen molar-refractivity contribution in [3.8, 4) is 0 Å². The summed E-state index contributed by atoms with van der Waals surface area (Å²) in [6.45, 7) is 3.88. The maximum atomic E-state index is 6.28. The maximum absolute atomic E-state index is 6.28. The Balaban J connectivity index is 3.04. The number of halogens is 3. The number of fused-ring (bicyclic) bond motifs is 1. The summed E-state index contributed by atoms with van der Waals surface area (Å²) in [5, 5.41) is 2.22. The van der Waals surface area contributed by atoms with Crippen molar-refractivity contribution in [2.24, 2.45) is 0 Å². The van der Waals surface area contributed by atoms with Crippen molar-refractivity contribution in [3.63, 3.8) is 0 Å². The molecule has 0 saturated carbocycles. The molecule has 0 aliphatic carbocycles. The summed E-state index contributed by atoms with van der Waals surface area (Å²) in [7, 11) is 0. The number of rotatable bonds is 0. The third kappa shape index (κ3) is 1.75. The van der Waals surface area contributed by atoms with Crippen LogP contribution in [0.3, 0.4) is 0 Å². The van der Waals surface area contributed by atoms with Gasteiger partial charge in [-0.15, -0.1) is 0 Å². The lowest BCUT2D eigenvalue weighted by atomic mass is 10.1. The molecule has 78 valence electrons. The van der Waals surface area contributed by atoms with Crippen molar-refractivity contribution in [2.75, 3.05) is 0 Å². The quantitative estimate of drug-likeness (QED) is 0.673. The number of pyridine rings is 1. The van der Waals surface area contributed by atoms with Crippen molar-refractivity contribution >= 4 is 50.0 Å². The van der Waals surface area contributed by atoms with Crippen LogP contribution in [0.25, 0.3) is 10.9 Å². The van der Waals surface area contributed by atoms with Crippen LogP contribution in [-0.2, 0) is 0 Å². The molecule has 4 heteroatoms. The molecule has 1 nitrogen and oxygen atoms in total. The monoisotopic (exact) mass is 303 g/mol. The molecule has 0 saturated heterocycles. The Hall–Kier alpha value is -0.310. The van der Waals surface area contributed by atoms with Gasteiger partial charge in [-0.3, -0.25) is 4.98 Å². The number of aromatic nitrogens is 1. The Bertz CT molecular complexity index is 552. The zero-order valence-corrected chi connectivity index (χ0v) is 11.3. The lowest BCUT2D eigenvalue weighted by Crippen LogP contribution is -1.92. The minimum atomic E-state index is 0.623. The van der Waals surface area contributed by atoms with Crippen molar-refractivity contribution in [1.82, 2.24) is 4.98 Å². The van der Waals surface area contributed by atoms with Crippen LogP contribution in [0.2, 0.25) is 10.0 Å². The summed E-state index contributed by atoms with van der Waals surface area (Å²) in [6, 6.07) is 3.69. The fourth-order valence-electron chi connectivity index (χ4n) is 1.46. The normalized spacial score (nSPS) is 11.0. The van der Waals surface area contributed by atoms with E-state index in [1.54, 1.807) is 0 Å². The van der Waals surface area contributed by atoms with Crippen LogP contribution in [0.1, 0.15) is 11.3 Å². The summed E-state index contributed by atoms with van der Waals surface area (Å²) in [5.41, 5.74) is 2.65. The molecule has 0 bridgehead atoms. The summed E-state index contributed by atoms with van der Waals surface area (Å²) in [6.07, 6.45) is 0. The fourth-order valence-corrected chi connectivity index (χ4v) is 2.62. The second-order valence-electron chi connectivity index (χ2n) is 3.39. The van der Waals surface area contributed by atoms with Crippen molar-refractivity contribution in [1.29, 1.82) is 0 Å². The molecule has 0 radical (unpaired) electrons. The van der Waals surface area contributed by atoms with E-state index in [2.05, 4.69) is 20.9 Å². The van der Waals surface area contributed by atoms with Crippen LogP contribution in [0.15, 0.2) is 16.6 Å². The zero-order chi connectivity index (χ0) is 11.2. The van der Waals surface area contributed by atoms with Gasteiger partial charge in [0.25, 0.3) is 0 Å². The van der Waals surface area contributed by atoms with E-state index < -0.39 is 0 Å². The van der Waals surface area contributed by atoms with E-state index in [1.165, 1.54) is 0 Å². The Morgan fingerprint density at radius 1 is 1.20 bits per heavy atom. The summed E-state index contributed by atoms with van der Waals surface area (Å²) in [4.78, 5) is 4.45. The van der Waals surface area contributed by atoms with E-state index in [0.29, 0.717) is 10.0 Å². The highest BCUT2D eigenvalue weighted by Gasteiger charge is 2.12. The fraction of sp³-hybridized carbons (Fsp3) is 0.182. The molecule has 0 aliphatic rings. The summed E-state index contributed by atoms with van der Waals surface area (Å²) in [5.74, 6) is 0. The average molecular weight is 305 g/mol. The molecule has 15 heavy (non-hydrogen) atoms. The minimum Gasteiger partial charge on any atom is -0.251 e. The first-order chi connectivity index (χ1) is 7.02. The molecule has 0 fully saturated rings. The highest BCUT2D eigenvalue weighted by atomic mass is 79.9. The highest BCUT2D eigenvalue weighted by Crippen LogP contribution is 2.36. The first-order valence-corrected chi connectivity index (χ1v) is 5.97. The van der Waals surface area contributed by atoms with Gasteiger partial charge < -0.3 is 0 Å². The molecule has 0 aliphatic heterocycles. The Kier molecular flexibility index (Phi) is 2.93. The van der Waals surface area contributed by atoms with E-state index in [-0.39, 0.29) is 0 Å². The van der Waals surface area contributed by atoms with Crippen LogP contribution < -0.4 is 0 Å². The summed E-state index contributed by atoms with van der Waals surface area (Å²) >= 11 is 15.8. The summed E-state index contributed by atoms with van der Waals surface area (Å²) < 4.78 is 0.919. The lowest BCUT2D eigenvalue weighted by molar-refractivity contribution is 1.19. The molecule has 2 aromatic rings. The van der Waals surface area contributed by atoms with Gasteiger partial charge in [-0.2, -0.15) is 0 Å². The molecule has 1 aromatic carbocycles. The van der Waals surface area contributed by atoms with Crippen LogP contribution in [-0.4, -0.2) is 4.98 Å².